The molecule has 1 aliphatic carbocycles. The van der Waals surface area contributed by atoms with Gasteiger partial charge in [0.25, 0.3) is 5.69 Å². The summed E-state index contributed by atoms with van der Waals surface area (Å²) >= 11 is 0. The lowest BCUT2D eigenvalue weighted by Gasteiger charge is -2.14. The van der Waals surface area contributed by atoms with Crippen molar-refractivity contribution in [1.29, 1.82) is 0 Å². The van der Waals surface area contributed by atoms with Crippen LogP contribution < -0.4 is 0 Å². The van der Waals surface area contributed by atoms with E-state index in [4.69, 9.17) is 0 Å². The summed E-state index contributed by atoms with van der Waals surface area (Å²) < 4.78 is 0. The maximum absolute atomic E-state index is 12.1. The van der Waals surface area contributed by atoms with Gasteiger partial charge in [0.2, 0.25) is 0 Å². The van der Waals surface area contributed by atoms with Gasteiger partial charge in [-0.15, -0.1) is 0 Å². The van der Waals surface area contributed by atoms with Crippen LogP contribution in [0.1, 0.15) is 48.9 Å². The smallest absolute Gasteiger partial charge is 0.278 e. The van der Waals surface area contributed by atoms with Crippen molar-refractivity contribution in [3.05, 3.63) is 33.1 Å². The zero-order valence-corrected chi connectivity index (χ0v) is 12.0. The molecule has 1 aromatic heterocycles. The average molecular weight is 276 g/mol. The van der Waals surface area contributed by atoms with Gasteiger partial charge in [-0.25, -0.2) is 0 Å². The standard InChI is InChI=1S/C15H20N2O3/c1-10-9-16-13(11(2)15(10)17(19)20)8-12-6-4-3-5-7-14(12)18/h9,12H,3-8H2,1-2H3. The first-order valence-electron chi connectivity index (χ1n) is 7.13. The number of carbonyl (C=O) groups is 1. The third-order valence-electron chi connectivity index (χ3n) is 4.13. The molecule has 5 heteroatoms. The fourth-order valence-electron chi connectivity index (χ4n) is 2.93. The zero-order valence-electron chi connectivity index (χ0n) is 12.0. The third-order valence-corrected chi connectivity index (χ3v) is 4.13. The third kappa shape index (κ3) is 3.03. The topological polar surface area (TPSA) is 73.1 Å². The molecule has 0 bridgehead atoms. The minimum atomic E-state index is -0.356. The van der Waals surface area contributed by atoms with Crippen LogP contribution in [0.25, 0.3) is 0 Å². The van der Waals surface area contributed by atoms with Crippen molar-refractivity contribution in [1.82, 2.24) is 4.98 Å². The fraction of sp³-hybridized carbons (Fsp3) is 0.600. The van der Waals surface area contributed by atoms with E-state index in [0.29, 0.717) is 29.7 Å². The summed E-state index contributed by atoms with van der Waals surface area (Å²) in [5, 5.41) is 11.1. The number of Topliss-reactive ketones (excluding diaryl/α,β-unsaturated/α-hetero) is 1. The first kappa shape index (κ1) is 14.6. The minimum Gasteiger partial charge on any atom is -0.299 e. The Bertz CT molecular complexity index is 540. The number of rotatable bonds is 3. The van der Waals surface area contributed by atoms with Gasteiger partial charge < -0.3 is 0 Å². The minimum absolute atomic E-state index is 0.0222. The number of aryl methyl sites for hydroxylation is 1. The van der Waals surface area contributed by atoms with Gasteiger partial charge in [-0.05, 0) is 33.1 Å². The van der Waals surface area contributed by atoms with E-state index in [1.54, 1.807) is 20.0 Å². The molecule has 0 aromatic carbocycles. The molecule has 2 rings (SSSR count). The monoisotopic (exact) mass is 276 g/mol. The Kier molecular flexibility index (Phi) is 4.47. The Morgan fingerprint density at radius 1 is 1.35 bits per heavy atom. The van der Waals surface area contributed by atoms with E-state index in [0.717, 1.165) is 25.7 Å². The normalized spacial score (nSPS) is 19.7. The quantitative estimate of drug-likeness (QED) is 0.482. The van der Waals surface area contributed by atoms with Crippen molar-refractivity contribution < 1.29 is 9.72 Å². The number of pyridine rings is 1. The van der Waals surface area contributed by atoms with Crippen LogP contribution in [0.15, 0.2) is 6.20 Å². The highest BCUT2D eigenvalue weighted by Gasteiger charge is 2.25. The molecule has 0 aliphatic heterocycles. The Labute approximate surface area is 118 Å². The molecule has 0 N–H and O–H groups in total. The van der Waals surface area contributed by atoms with Crippen LogP contribution in [0.4, 0.5) is 5.69 Å². The van der Waals surface area contributed by atoms with Gasteiger partial charge in [-0.1, -0.05) is 12.8 Å². The highest BCUT2D eigenvalue weighted by atomic mass is 16.6. The highest BCUT2D eigenvalue weighted by Crippen LogP contribution is 2.28. The number of hydrogen-bond acceptors (Lipinski definition) is 4. The SMILES string of the molecule is Cc1cnc(CC2CCCCCC2=O)c(C)c1[N+](=O)[O-]. The van der Waals surface area contributed by atoms with Gasteiger partial charge in [0.15, 0.2) is 0 Å². The Hall–Kier alpha value is -1.78. The molecule has 1 heterocycles. The predicted octanol–water partition coefficient (Wildman–Crippen LogP) is 3.30. The average Bonchev–Trinajstić information content (AvgIpc) is 2.58. The molecule has 0 radical (unpaired) electrons. The van der Waals surface area contributed by atoms with Crippen LogP contribution in [-0.2, 0) is 11.2 Å². The summed E-state index contributed by atoms with van der Waals surface area (Å²) in [4.78, 5) is 27.1. The van der Waals surface area contributed by atoms with Gasteiger partial charge in [0, 0.05) is 29.7 Å². The molecule has 0 spiro atoms. The Morgan fingerprint density at radius 3 is 2.80 bits per heavy atom. The molecule has 1 aliphatic rings. The first-order valence-corrected chi connectivity index (χ1v) is 7.13. The van der Waals surface area contributed by atoms with Gasteiger partial charge in [-0.3, -0.25) is 19.9 Å². The van der Waals surface area contributed by atoms with Crippen LogP contribution in [0.3, 0.4) is 0 Å². The summed E-state index contributed by atoms with van der Waals surface area (Å²) in [6.07, 6.45) is 6.72. The van der Waals surface area contributed by atoms with Gasteiger partial charge in [0.05, 0.1) is 10.6 Å². The zero-order chi connectivity index (χ0) is 14.7. The van der Waals surface area contributed by atoms with E-state index in [2.05, 4.69) is 4.98 Å². The van der Waals surface area contributed by atoms with E-state index in [-0.39, 0.29) is 22.3 Å². The van der Waals surface area contributed by atoms with Crippen LogP contribution in [0.2, 0.25) is 0 Å². The van der Waals surface area contributed by atoms with Crippen LogP contribution >= 0.6 is 0 Å². The number of nitrogens with zero attached hydrogens (tertiary/aromatic N) is 2. The molecule has 1 unspecified atom stereocenters. The molecular weight excluding hydrogens is 256 g/mol. The van der Waals surface area contributed by atoms with Crippen molar-refractivity contribution in [2.75, 3.05) is 0 Å². The first-order chi connectivity index (χ1) is 9.50. The fourth-order valence-corrected chi connectivity index (χ4v) is 2.93. The van der Waals surface area contributed by atoms with Crippen molar-refractivity contribution in [2.24, 2.45) is 5.92 Å². The number of aromatic nitrogens is 1. The summed E-state index contributed by atoms with van der Waals surface area (Å²) in [6.45, 7) is 3.42. The summed E-state index contributed by atoms with van der Waals surface area (Å²) in [5.41, 5.74) is 2.01. The van der Waals surface area contributed by atoms with E-state index < -0.39 is 0 Å². The molecule has 5 nitrogen and oxygen atoms in total. The van der Waals surface area contributed by atoms with E-state index in [9.17, 15) is 14.9 Å². The highest BCUT2D eigenvalue weighted by molar-refractivity contribution is 5.81. The van der Waals surface area contributed by atoms with E-state index in [1.807, 2.05) is 0 Å². The lowest BCUT2D eigenvalue weighted by Crippen LogP contribution is -2.17. The molecule has 108 valence electrons. The molecule has 1 saturated carbocycles. The second kappa shape index (κ2) is 6.11. The van der Waals surface area contributed by atoms with Crippen LogP contribution in [0, 0.1) is 29.9 Å². The Balaban J connectivity index is 2.27. The second-order valence-electron chi connectivity index (χ2n) is 5.59. The molecule has 1 fully saturated rings. The second-order valence-corrected chi connectivity index (χ2v) is 5.59. The maximum Gasteiger partial charge on any atom is 0.278 e. The lowest BCUT2D eigenvalue weighted by atomic mass is 9.91. The molecule has 1 atom stereocenters. The maximum atomic E-state index is 12.1. The van der Waals surface area contributed by atoms with Gasteiger partial charge in [0.1, 0.15) is 5.78 Å². The van der Waals surface area contributed by atoms with Crippen LogP contribution in [0.5, 0.6) is 0 Å². The predicted molar refractivity (Wildman–Crippen MR) is 75.7 cm³/mol. The van der Waals surface area contributed by atoms with Crippen molar-refractivity contribution in [2.45, 2.75) is 52.4 Å². The number of ketones is 1. The molecule has 1 aromatic rings. The van der Waals surface area contributed by atoms with Crippen LogP contribution in [-0.4, -0.2) is 15.7 Å². The number of carbonyl (C=O) groups excluding carboxylic acids is 1. The van der Waals surface area contributed by atoms with Gasteiger partial charge in [-0.2, -0.15) is 0 Å². The molecular formula is C15H20N2O3. The molecule has 20 heavy (non-hydrogen) atoms. The van der Waals surface area contributed by atoms with E-state index >= 15 is 0 Å². The summed E-state index contributed by atoms with van der Waals surface area (Å²) in [5.74, 6) is 0.262. The molecule has 0 saturated heterocycles. The number of hydrogen-bond donors (Lipinski definition) is 0. The summed E-state index contributed by atoms with van der Waals surface area (Å²) in [7, 11) is 0. The van der Waals surface area contributed by atoms with E-state index in [1.165, 1.54) is 0 Å². The summed E-state index contributed by atoms with van der Waals surface area (Å²) in [6, 6.07) is 0. The molecule has 0 amide bonds. The number of nitro groups is 1. The van der Waals surface area contributed by atoms with Gasteiger partial charge >= 0.3 is 0 Å². The largest absolute Gasteiger partial charge is 0.299 e. The Morgan fingerprint density at radius 2 is 2.10 bits per heavy atom. The van der Waals surface area contributed by atoms with Crippen molar-refractivity contribution >= 4 is 11.5 Å². The van der Waals surface area contributed by atoms with Crippen molar-refractivity contribution in [3.63, 3.8) is 0 Å². The lowest BCUT2D eigenvalue weighted by molar-refractivity contribution is -0.386. The van der Waals surface area contributed by atoms with Crippen molar-refractivity contribution in [3.8, 4) is 0 Å².